The summed E-state index contributed by atoms with van der Waals surface area (Å²) in [5.41, 5.74) is 3.45. The summed E-state index contributed by atoms with van der Waals surface area (Å²) in [6.45, 7) is 7.86. The van der Waals surface area contributed by atoms with Gasteiger partial charge in [0, 0.05) is 42.9 Å². The number of anilines is 3. The molecule has 0 saturated carbocycles. The first kappa shape index (κ1) is 20.7. The molecule has 1 aromatic carbocycles. The van der Waals surface area contributed by atoms with Crippen molar-refractivity contribution in [3.8, 4) is 0 Å². The van der Waals surface area contributed by atoms with E-state index >= 15 is 0 Å². The lowest BCUT2D eigenvalue weighted by molar-refractivity contribution is 0.0947. The van der Waals surface area contributed by atoms with E-state index in [1.54, 1.807) is 12.3 Å². The van der Waals surface area contributed by atoms with Crippen LogP contribution in [0.15, 0.2) is 42.6 Å². The van der Waals surface area contributed by atoms with E-state index in [1.165, 1.54) is 5.69 Å². The first-order chi connectivity index (χ1) is 13.0. The summed E-state index contributed by atoms with van der Waals surface area (Å²) >= 11 is 0. The van der Waals surface area contributed by atoms with Gasteiger partial charge in [-0.3, -0.25) is 9.78 Å². The highest BCUT2D eigenvalue weighted by Gasteiger charge is 2.08. The molecule has 0 unspecified atom stereocenters. The normalized spacial score (nSPS) is 10.7. The number of pyridine rings is 1. The van der Waals surface area contributed by atoms with Crippen LogP contribution in [-0.4, -0.2) is 56.1 Å². The maximum absolute atomic E-state index is 12.3. The van der Waals surface area contributed by atoms with Gasteiger partial charge in [-0.15, -0.1) is 0 Å². The Hall–Kier alpha value is -2.60. The van der Waals surface area contributed by atoms with Crippen molar-refractivity contribution in [3.63, 3.8) is 0 Å². The van der Waals surface area contributed by atoms with Crippen molar-refractivity contribution < 1.29 is 4.79 Å². The van der Waals surface area contributed by atoms with E-state index in [2.05, 4.69) is 63.5 Å². The van der Waals surface area contributed by atoms with Gasteiger partial charge in [0.25, 0.3) is 5.91 Å². The number of amides is 1. The molecule has 1 amide bonds. The molecule has 2 rings (SSSR count). The second-order valence-electron chi connectivity index (χ2n) is 6.69. The summed E-state index contributed by atoms with van der Waals surface area (Å²) in [5, 5.41) is 6.26. The Morgan fingerprint density at radius 2 is 1.74 bits per heavy atom. The predicted molar refractivity (Wildman–Crippen MR) is 113 cm³/mol. The van der Waals surface area contributed by atoms with Gasteiger partial charge in [-0.05, 0) is 77.3 Å². The molecule has 0 aliphatic rings. The van der Waals surface area contributed by atoms with Gasteiger partial charge in [0.05, 0.1) is 0 Å². The minimum atomic E-state index is -0.144. The van der Waals surface area contributed by atoms with E-state index in [1.807, 2.05) is 20.2 Å². The van der Waals surface area contributed by atoms with E-state index in [-0.39, 0.29) is 5.91 Å². The van der Waals surface area contributed by atoms with Crippen LogP contribution < -0.4 is 15.5 Å². The van der Waals surface area contributed by atoms with E-state index in [9.17, 15) is 4.79 Å². The first-order valence-corrected chi connectivity index (χ1v) is 9.54. The van der Waals surface area contributed by atoms with Crippen molar-refractivity contribution in [2.45, 2.75) is 20.3 Å². The summed E-state index contributed by atoms with van der Waals surface area (Å²) < 4.78 is 0. The molecular formula is C21H31N5O. The molecule has 0 radical (unpaired) electrons. The quantitative estimate of drug-likeness (QED) is 0.629. The van der Waals surface area contributed by atoms with Crippen LogP contribution in [0.2, 0.25) is 0 Å². The van der Waals surface area contributed by atoms with E-state index in [0.29, 0.717) is 12.2 Å². The van der Waals surface area contributed by atoms with Crippen molar-refractivity contribution in [3.05, 3.63) is 48.3 Å². The SMILES string of the molecule is CCN(CC)c1ccc(Nc2ccnc(C(=O)NCCCN(C)C)c2)cc1. The lowest BCUT2D eigenvalue weighted by Crippen LogP contribution is -2.27. The number of rotatable bonds is 10. The fraction of sp³-hybridized carbons (Fsp3) is 0.429. The van der Waals surface area contributed by atoms with Crippen LogP contribution in [0.4, 0.5) is 17.1 Å². The largest absolute Gasteiger partial charge is 0.372 e. The molecule has 146 valence electrons. The van der Waals surface area contributed by atoms with E-state index in [0.717, 1.165) is 37.4 Å². The van der Waals surface area contributed by atoms with Crippen molar-refractivity contribution in [1.82, 2.24) is 15.2 Å². The topological polar surface area (TPSA) is 60.5 Å². The monoisotopic (exact) mass is 369 g/mol. The summed E-state index contributed by atoms with van der Waals surface area (Å²) in [5.74, 6) is -0.144. The maximum atomic E-state index is 12.3. The number of hydrogen-bond donors (Lipinski definition) is 2. The minimum Gasteiger partial charge on any atom is -0.372 e. The second-order valence-corrected chi connectivity index (χ2v) is 6.69. The molecule has 6 nitrogen and oxygen atoms in total. The molecule has 1 aromatic heterocycles. The molecule has 0 spiro atoms. The highest BCUT2D eigenvalue weighted by Crippen LogP contribution is 2.21. The van der Waals surface area contributed by atoms with Crippen molar-refractivity contribution >= 4 is 23.0 Å². The van der Waals surface area contributed by atoms with Crippen LogP contribution in [-0.2, 0) is 0 Å². The molecular weight excluding hydrogens is 338 g/mol. The number of benzene rings is 1. The van der Waals surface area contributed by atoms with Gasteiger partial charge >= 0.3 is 0 Å². The number of nitrogens with zero attached hydrogens (tertiary/aromatic N) is 3. The summed E-state index contributed by atoms with van der Waals surface area (Å²) in [7, 11) is 4.04. The molecule has 27 heavy (non-hydrogen) atoms. The number of nitrogens with one attached hydrogen (secondary N) is 2. The Bertz CT molecular complexity index is 711. The average molecular weight is 370 g/mol. The van der Waals surface area contributed by atoms with E-state index < -0.39 is 0 Å². The van der Waals surface area contributed by atoms with Crippen molar-refractivity contribution in [2.24, 2.45) is 0 Å². The smallest absolute Gasteiger partial charge is 0.269 e. The molecule has 1 heterocycles. The fourth-order valence-electron chi connectivity index (χ4n) is 2.83. The van der Waals surface area contributed by atoms with Crippen LogP contribution in [0.25, 0.3) is 0 Å². The number of aromatic nitrogens is 1. The van der Waals surface area contributed by atoms with Crippen LogP contribution in [0, 0.1) is 0 Å². The third-order valence-corrected chi connectivity index (χ3v) is 4.34. The van der Waals surface area contributed by atoms with Crippen LogP contribution in [0.5, 0.6) is 0 Å². The van der Waals surface area contributed by atoms with Gasteiger partial charge in [-0.25, -0.2) is 0 Å². The first-order valence-electron chi connectivity index (χ1n) is 9.54. The van der Waals surface area contributed by atoms with Gasteiger partial charge in [0.2, 0.25) is 0 Å². The highest BCUT2D eigenvalue weighted by molar-refractivity contribution is 5.93. The van der Waals surface area contributed by atoms with Crippen LogP contribution in [0.1, 0.15) is 30.8 Å². The van der Waals surface area contributed by atoms with Gasteiger partial charge in [0.1, 0.15) is 5.69 Å². The standard InChI is InChI=1S/C21H31N5O/c1-5-26(6-2)19-10-8-17(9-11-19)24-18-12-14-22-20(16-18)21(27)23-13-7-15-25(3)4/h8-12,14,16H,5-7,13,15H2,1-4H3,(H,22,24)(H,23,27). The summed E-state index contributed by atoms with van der Waals surface area (Å²) in [4.78, 5) is 20.8. The number of carbonyl (C=O) groups is 1. The molecule has 0 saturated heterocycles. The Balaban J connectivity index is 1.95. The summed E-state index contributed by atoms with van der Waals surface area (Å²) in [6.07, 6.45) is 2.57. The molecule has 0 fully saturated rings. The highest BCUT2D eigenvalue weighted by atomic mass is 16.1. The second kappa shape index (κ2) is 10.5. The summed E-state index contributed by atoms with van der Waals surface area (Å²) in [6, 6.07) is 12.0. The third kappa shape index (κ3) is 6.57. The minimum absolute atomic E-state index is 0.144. The number of hydrogen-bond acceptors (Lipinski definition) is 5. The molecule has 0 aliphatic heterocycles. The van der Waals surface area contributed by atoms with Crippen LogP contribution in [0.3, 0.4) is 0 Å². The molecule has 6 heteroatoms. The fourth-order valence-corrected chi connectivity index (χ4v) is 2.83. The molecule has 2 N–H and O–H groups in total. The van der Waals surface area contributed by atoms with Gasteiger partial charge < -0.3 is 20.4 Å². The zero-order valence-electron chi connectivity index (χ0n) is 16.8. The Kier molecular flexibility index (Phi) is 8.07. The van der Waals surface area contributed by atoms with Crippen molar-refractivity contribution in [2.75, 3.05) is 50.5 Å². The lowest BCUT2D eigenvalue weighted by Gasteiger charge is -2.21. The Morgan fingerprint density at radius 3 is 2.37 bits per heavy atom. The van der Waals surface area contributed by atoms with Crippen LogP contribution >= 0.6 is 0 Å². The number of carbonyl (C=O) groups excluding carboxylic acids is 1. The van der Waals surface area contributed by atoms with E-state index in [4.69, 9.17) is 0 Å². The Morgan fingerprint density at radius 1 is 1.04 bits per heavy atom. The average Bonchev–Trinajstić information content (AvgIpc) is 2.67. The zero-order chi connectivity index (χ0) is 19.6. The lowest BCUT2D eigenvalue weighted by atomic mass is 10.2. The molecule has 0 atom stereocenters. The molecule has 2 aromatic rings. The predicted octanol–water partition coefficient (Wildman–Crippen LogP) is 3.35. The van der Waals surface area contributed by atoms with Gasteiger partial charge in [-0.2, -0.15) is 0 Å². The van der Waals surface area contributed by atoms with Crippen molar-refractivity contribution in [1.29, 1.82) is 0 Å². The van der Waals surface area contributed by atoms with Gasteiger partial charge in [-0.1, -0.05) is 0 Å². The zero-order valence-corrected chi connectivity index (χ0v) is 16.8. The third-order valence-electron chi connectivity index (χ3n) is 4.34. The maximum Gasteiger partial charge on any atom is 0.269 e. The van der Waals surface area contributed by atoms with Gasteiger partial charge in [0.15, 0.2) is 0 Å². The Labute approximate surface area is 162 Å². The molecule has 0 bridgehead atoms. The molecule has 0 aliphatic carbocycles.